The number of benzene rings is 1. The molecule has 0 spiro atoms. The van der Waals surface area contributed by atoms with Gasteiger partial charge in [-0.05, 0) is 44.0 Å². The SMILES string of the molecule is Cc1cc(C)c(C)c(-c2c3ccoc3cc[n+]2C)c1. The molecule has 0 fully saturated rings. The topological polar surface area (TPSA) is 17.0 Å². The molecule has 0 atom stereocenters. The molecule has 0 radical (unpaired) electrons. The van der Waals surface area contributed by atoms with Gasteiger partial charge in [-0.25, -0.2) is 4.57 Å². The highest BCUT2D eigenvalue weighted by atomic mass is 16.3. The molecule has 0 saturated carbocycles. The zero-order valence-corrected chi connectivity index (χ0v) is 11.8. The zero-order valence-electron chi connectivity index (χ0n) is 11.8. The summed E-state index contributed by atoms with van der Waals surface area (Å²) in [6, 6.07) is 8.54. The summed E-state index contributed by atoms with van der Waals surface area (Å²) < 4.78 is 7.69. The van der Waals surface area contributed by atoms with Gasteiger partial charge in [0.05, 0.1) is 17.2 Å². The van der Waals surface area contributed by atoms with Crippen LogP contribution in [0, 0.1) is 20.8 Å². The first-order chi connectivity index (χ1) is 9.08. The van der Waals surface area contributed by atoms with Crippen molar-refractivity contribution < 1.29 is 8.98 Å². The average Bonchev–Trinajstić information content (AvgIpc) is 2.82. The smallest absolute Gasteiger partial charge is 0.223 e. The molecule has 96 valence electrons. The Morgan fingerprint density at radius 2 is 1.84 bits per heavy atom. The van der Waals surface area contributed by atoms with Gasteiger partial charge in [0.25, 0.3) is 0 Å². The van der Waals surface area contributed by atoms with Crippen molar-refractivity contribution in [3.05, 3.63) is 53.4 Å². The lowest BCUT2D eigenvalue weighted by atomic mass is 9.96. The molecule has 2 nitrogen and oxygen atoms in total. The fraction of sp³-hybridized carbons (Fsp3) is 0.235. The van der Waals surface area contributed by atoms with Crippen LogP contribution in [0.25, 0.3) is 22.2 Å². The normalized spacial score (nSPS) is 11.2. The lowest BCUT2D eigenvalue weighted by Crippen LogP contribution is -2.30. The van der Waals surface area contributed by atoms with Crippen molar-refractivity contribution >= 4 is 11.0 Å². The highest BCUT2D eigenvalue weighted by molar-refractivity contribution is 5.90. The van der Waals surface area contributed by atoms with Crippen molar-refractivity contribution in [1.29, 1.82) is 0 Å². The van der Waals surface area contributed by atoms with Crippen molar-refractivity contribution in [1.82, 2.24) is 0 Å². The predicted octanol–water partition coefficient (Wildman–Crippen LogP) is 3.85. The van der Waals surface area contributed by atoms with Crippen molar-refractivity contribution in [2.24, 2.45) is 7.05 Å². The second-order valence-electron chi connectivity index (χ2n) is 5.23. The van der Waals surface area contributed by atoms with E-state index in [0.717, 1.165) is 11.0 Å². The Hall–Kier alpha value is -2.09. The number of rotatable bonds is 1. The van der Waals surface area contributed by atoms with E-state index in [2.05, 4.69) is 50.7 Å². The predicted molar refractivity (Wildman–Crippen MR) is 77.0 cm³/mol. The van der Waals surface area contributed by atoms with Crippen LogP contribution in [0.5, 0.6) is 0 Å². The molecule has 0 aliphatic heterocycles. The summed E-state index contributed by atoms with van der Waals surface area (Å²) in [5, 5.41) is 1.16. The number of hydrogen-bond acceptors (Lipinski definition) is 1. The van der Waals surface area contributed by atoms with Crippen LogP contribution in [0.1, 0.15) is 16.7 Å². The average molecular weight is 252 g/mol. The molecule has 0 amide bonds. The Morgan fingerprint density at radius 1 is 1.05 bits per heavy atom. The molecule has 0 aliphatic rings. The van der Waals surface area contributed by atoms with E-state index in [1.165, 1.54) is 27.9 Å². The van der Waals surface area contributed by atoms with Crippen LogP contribution in [0.2, 0.25) is 0 Å². The maximum absolute atomic E-state index is 5.52. The fourth-order valence-electron chi connectivity index (χ4n) is 2.71. The van der Waals surface area contributed by atoms with E-state index in [4.69, 9.17) is 4.42 Å². The van der Waals surface area contributed by atoms with Gasteiger partial charge >= 0.3 is 0 Å². The minimum absolute atomic E-state index is 0.937. The van der Waals surface area contributed by atoms with Crippen LogP contribution in [0.3, 0.4) is 0 Å². The molecule has 0 unspecified atom stereocenters. The Labute approximate surface area is 113 Å². The van der Waals surface area contributed by atoms with Crippen molar-refractivity contribution in [3.63, 3.8) is 0 Å². The Balaban J connectivity index is 2.42. The molecule has 2 aromatic heterocycles. The van der Waals surface area contributed by atoms with Crippen LogP contribution >= 0.6 is 0 Å². The van der Waals surface area contributed by atoms with Gasteiger partial charge in [-0.15, -0.1) is 0 Å². The lowest BCUT2D eigenvalue weighted by Gasteiger charge is -2.09. The minimum Gasteiger partial charge on any atom is -0.464 e. The first-order valence-electron chi connectivity index (χ1n) is 6.52. The largest absolute Gasteiger partial charge is 0.464 e. The first-order valence-corrected chi connectivity index (χ1v) is 6.52. The summed E-state index contributed by atoms with van der Waals surface area (Å²) in [5.41, 5.74) is 7.39. The monoisotopic (exact) mass is 252 g/mol. The summed E-state index contributed by atoms with van der Waals surface area (Å²) >= 11 is 0. The quantitative estimate of drug-likeness (QED) is 0.601. The highest BCUT2D eigenvalue weighted by Gasteiger charge is 2.19. The molecule has 3 aromatic rings. The molecular formula is C17H18NO+. The van der Waals surface area contributed by atoms with Crippen LogP contribution in [-0.2, 0) is 7.05 Å². The van der Waals surface area contributed by atoms with Gasteiger partial charge in [0.1, 0.15) is 12.6 Å². The number of fused-ring (bicyclic) bond motifs is 1. The van der Waals surface area contributed by atoms with E-state index in [1.807, 2.05) is 12.1 Å². The summed E-state index contributed by atoms with van der Waals surface area (Å²) in [6.45, 7) is 6.50. The summed E-state index contributed by atoms with van der Waals surface area (Å²) in [6.07, 6.45) is 3.81. The molecule has 0 saturated heterocycles. The molecule has 19 heavy (non-hydrogen) atoms. The molecule has 1 aromatic carbocycles. The summed E-state index contributed by atoms with van der Waals surface area (Å²) in [4.78, 5) is 0. The van der Waals surface area contributed by atoms with Gasteiger partial charge in [0, 0.05) is 6.07 Å². The van der Waals surface area contributed by atoms with Gasteiger partial charge < -0.3 is 4.42 Å². The number of aromatic nitrogens is 1. The standard InChI is InChI=1S/C17H18NO/c1-11-9-12(2)13(3)15(10-11)17-14-6-8-19-16(14)5-7-18(17)4/h5-10H,1-4H3/q+1. The van der Waals surface area contributed by atoms with E-state index in [9.17, 15) is 0 Å². The summed E-state index contributed by atoms with van der Waals surface area (Å²) in [7, 11) is 2.08. The van der Waals surface area contributed by atoms with Crippen molar-refractivity contribution in [3.8, 4) is 11.3 Å². The third-order valence-corrected chi connectivity index (χ3v) is 3.82. The molecule has 2 heteroatoms. The first kappa shape index (κ1) is 12.0. The highest BCUT2D eigenvalue weighted by Crippen LogP contribution is 2.30. The zero-order chi connectivity index (χ0) is 13.6. The maximum atomic E-state index is 5.52. The molecule has 0 bridgehead atoms. The van der Waals surface area contributed by atoms with Crippen molar-refractivity contribution in [2.75, 3.05) is 0 Å². The number of hydrogen-bond donors (Lipinski definition) is 0. The van der Waals surface area contributed by atoms with Crippen LogP contribution in [0.15, 0.2) is 41.1 Å². The fourth-order valence-corrected chi connectivity index (χ4v) is 2.71. The van der Waals surface area contributed by atoms with Gasteiger partial charge in [-0.2, -0.15) is 0 Å². The van der Waals surface area contributed by atoms with E-state index in [0.29, 0.717) is 0 Å². The minimum atomic E-state index is 0.937. The number of furan rings is 1. The van der Waals surface area contributed by atoms with E-state index < -0.39 is 0 Å². The second-order valence-corrected chi connectivity index (χ2v) is 5.23. The maximum Gasteiger partial charge on any atom is 0.223 e. The Bertz CT molecular complexity index is 768. The summed E-state index contributed by atoms with van der Waals surface area (Å²) in [5.74, 6) is 0. The third-order valence-electron chi connectivity index (χ3n) is 3.82. The van der Waals surface area contributed by atoms with Crippen LogP contribution in [-0.4, -0.2) is 0 Å². The molecule has 2 heterocycles. The third kappa shape index (κ3) is 1.84. The number of aryl methyl sites for hydroxylation is 3. The lowest BCUT2D eigenvalue weighted by molar-refractivity contribution is -0.659. The number of pyridine rings is 1. The van der Waals surface area contributed by atoms with E-state index in [-0.39, 0.29) is 0 Å². The molecule has 0 aliphatic carbocycles. The van der Waals surface area contributed by atoms with Gasteiger partial charge in [0.2, 0.25) is 5.69 Å². The molecule has 0 N–H and O–H groups in total. The second kappa shape index (κ2) is 4.23. The molecule has 3 rings (SSSR count). The Kier molecular flexibility index (Phi) is 2.67. The van der Waals surface area contributed by atoms with Gasteiger partial charge in [-0.1, -0.05) is 11.6 Å². The number of nitrogens with zero attached hydrogens (tertiary/aromatic N) is 1. The van der Waals surface area contributed by atoms with Crippen molar-refractivity contribution in [2.45, 2.75) is 20.8 Å². The van der Waals surface area contributed by atoms with Crippen LogP contribution < -0.4 is 4.57 Å². The Morgan fingerprint density at radius 3 is 2.63 bits per heavy atom. The van der Waals surface area contributed by atoms with E-state index in [1.54, 1.807) is 6.26 Å². The van der Waals surface area contributed by atoms with Gasteiger partial charge in [-0.3, -0.25) is 0 Å². The van der Waals surface area contributed by atoms with E-state index >= 15 is 0 Å². The molecular weight excluding hydrogens is 234 g/mol. The van der Waals surface area contributed by atoms with Crippen LogP contribution in [0.4, 0.5) is 0 Å². The van der Waals surface area contributed by atoms with Gasteiger partial charge in [0.15, 0.2) is 6.20 Å².